The topological polar surface area (TPSA) is 470 Å². The van der Waals surface area contributed by atoms with Crippen molar-refractivity contribution in [3.63, 3.8) is 0 Å². The Morgan fingerprint density at radius 3 is 1.49 bits per heavy atom. The van der Waals surface area contributed by atoms with Gasteiger partial charge in [0.1, 0.15) is 52.7 Å². The highest BCUT2D eigenvalue weighted by Crippen LogP contribution is 2.28. The van der Waals surface area contributed by atoms with Crippen LogP contribution in [0.5, 0.6) is 23.0 Å². The van der Waals surface area contributed by atoms with Gasteiger partial charge in [-0.3, -0.25) is 14.4 Å². The number of aryl methyl sites for hydroxylation is 1. The second-order valence-corrected chi connectivity index (χ2v) is 24.0. The van der Waals surface area contributed by atoms with E-state index in [1.807, 2.05) is 43.3 Å². The van der Waals surface area contributed by atoms with Crippen molar-refractivity contribution < 1.29 is 135 Å². The summed E-state index contributed by atoms with van der Waals surface area (Å²) in [6, 6.07) is 28.2. The molecule has 0 saturated carbocycles. The lowest BCUT2D eigenvalue weighted by Gasteiger charge is -2.22. The molecule has 3 atom stereocenters. The molecule has 7 aromatic rings. The van der Waals surface area contributed by atoms with Gasteiger partial charge in [-0.05, 0) is 161 Å². The zero-order valence-corrected chi connectivity index (χ0v) is 60.8. The molecule has 7 rings (SSSR count). The Balaban J connectivity index is 0.000000543. The highest BCUT2D eigenvalue weighted by atomic mass is 32.2. The summed E-state index contributed by atoms with van der Waals surface area (Å²) in [5.74, 6) is -13.0. The van der Waals surface area contributed by atoms with Gasteiger partial charge in [0.15, 0.2) is 11.6 Å². The predicted molar refractivity (Wildman–Crippen MR) is 373 cm³/mol. The van der Waals surface area contributed by atoms with Gasteiger partial charge >= 0.3 is 54.2 Å². The summed E-state index contributed by atoms with van der Waals surface area (Å²) in [5.41, 5.74) is 9.01. The van der Waals surface area contributed by atoms with E-state index < -0.39 is 111 Å². The van der Waals surface area contributed by atoms with Gasteiger partial charge in [0.25, 0.3) is 5.91 Å². The first-order valence-electron chi connectivity index (χ1n) is 32.9. The number of ether oxygens (including phenoxy) is 6. The van der Waals surface area contributed by atoms with Crippen LogP contribution >= 0.6 is 0 Å². The van der Waals surface area contributed by atoms with E-state index in [0.717, 1.165) is 52.8 Å². The van der Waals surface area contributed by atoms with Crippen LogP contribution in [0.2, 0.25) is 0 Å². The molecule has 0 aliphatic heterocycles. The van der Waals surface area contributed by atoms with Gasteiger partial charge in [0.05, 0.1) is 37.4 Å². The monoisotopic (exact) mass is 1580 g/mol. The Labute approximate surface area is 631 Å². The number of carbonyl (C=O) groups excluding carboxylic acids is 10. The lowest BCUT2D eigenvalue weighted by atomic mass is 10.0. The van der Waals surface area contributed by atoms with Gasteiger partial charge < -0.3 is 75.5 Å². The number of carboxylic acids is 2. The third kappa shape index (κ3) is 39.2. The second-order valence-electron chi connectivity index (χ2n) is 22.6. The van der Waals surface area contributed by atoms with Gasteiger partial charge in [-0.25, -0.2) is 51.1 Å². The SMILES string of the molecule is COc1ccc(COC(=O)CCC(Cc2ccc(OC)cc2)NC(=O)N[C@@H](CCCCN)C(=O)OCc2ccc(OC)cc2)cc1.Cc1ccc(S(=O)(=O)[O-])cc1.O=C(O)CCCNC(=O)N[C@@H](CCCCNC(=O)c1ccc([18F])nc1)C(=O)O.O=C(Oc1c(F)c(F)cc(F)c1F)c1ccc([18F])nc1.O=C=O.O=C=O. The third-order valence-electron chi connectivity index (χ3n) is 14.5. The summed E-state index contributed by atoms with van der Waals surface area (Å²) in [4.78, 5) is 134. The Kier molecular flexibility index (Phi) is 44.6. The summed E-state index contributed by atoms with van der Waals surface area (Å²) < 4.78 is 139. The summed E-state index contributed by atoms with van der Waals surface area (Å²) in [7, 11) is 0.486. The lowest BCUT2D eigenvalue weighted by Crippen LogP contribution is -2.50. The number of aliphatic carboxylic acids is 2. The normalized spacial score (nSPS) is 11.0. The molecule has 0 radical (unpaired) electrons. The maximum absolute atomic E-state index is 13.2. The average Bonchev–Trinajstić information content (AvgIpc) is 0.815. The number of nitrogens with one attached hydrogen (secondary N) is 5. The number of amides is 5. The molecule has 31 nitrogen and oxygen atoms in total. The van der Waals surface area contributed by atoms with Gasteiger partial charge in [-0.2, -0.15) is 36.7 Å². The fourth-order valence-corrected chi connectivity index (χ4v) is 9.28. The molecule has 0 bridgehead atoms. The molecule has 0 aliphatic carbocycles. The number of rotatable bonds is 34. The molecular formula is C73H79F6N8O23S-. The van der Waals surface area contributed by atoms with E-state index in [4.69, 9.17) is 58.8 Å². The smallest absolute Gasteiger partial charge is 0.373 e. The van der Waals surface area contributed by atoms with Gasteiger partial charge in [-0.1, -0.05) is 54.1 Å². The van der Waals surface area contributed by atoms with Crippen molar-refractivity contribution in [3.8, 4) is 23.0 Å². The number of aromatic nitrogens is 2. The molecule has 0 fully saturated rings. The van der Waals surface area contributed by atoms with E-state index >= 15 is 0 Å². The number of carboxylic acid groups (broad SMARTS) is 2. The number of nitrogens with zero attached hydrogens (tertiary/aromatic N) is 2. The van der Waals surface area contributed by atoms with Gasteiger partial charge in [0.2, 0.25) is 29.3 Å². The van der Waals surface area contributed by atoms with Crippen LogP contribution in [0.4, 0.5) is 35.9 Å². The van der Waals surface area contributed by atoms with Crippen molar-refractivity contribution in [3.05, 3.63) is 208 Å². The molecule has 1 unspecified atom stereocenters. The van der Waals surface area contributed by atoms with E-state index in [1.165, 1.54) is 18.2 Å². The van der Waals surface area contributed by atoms with Crippen LogP contribution in [0.3, 0.4) is 0 Å². The van der Waals surface area contributed by atoms with Crippen molar-refractivity contribution in [1.82, 2.24) is 36.6 Å². The lowest BCUT2D eigenvalue weighted by molar-refractivity contribution is -0.193. The van der Waals surface area contributed by atoms with Crippen molar-refractivity contribution >= 4 is 70.2 Å². The maximum Gasteiger partial charge on any atom is 0.373 e. The highest BCUT2D eigenvalue weighted by Gasteiger charge is 2.27. The molecule has 2 aromatic heterocycles. The van der Waals surface area contributed by atoms with Crippen molar-refractivity contribution in [2.75, 3.05) is 41.0 Å². The largest absolute Gasteiger partial charge is 0.744 e. The number of methoxy groups -OCH3 is 3. The number of nitrogens with two attached hydrogens (primary N) is 1. The van der Waals surface area contributed by atoms with Crippen LogP contribution in [-0.2, 0) is 77.6 Å². The first-order chi connectivity index (χ1) is 52.8. The average molecular weight is 1580 g/mol. The molecule has 5 aromatic carbocycles. The first-order valence-corrected chi connectivity index (χ1v) is 34.3. The Morgan fingerprint density at radius 2 is 1.02 bits per heavy atom. The number of carbonyl (C=O) groups is 8. The zero-order chi connectivity index (χ0) is 82.8. The molecule has 38 heteroatoms. The number of urea groups is 2. The van der Waals surface area contributed by atoms with Crippen LogP contribution in [0, 0.1) is 42.1 Å². The molecule has 0 saturated heterocycles. The van der Waals surface area contributed by atoms with E-state index in [2.05, 4.69) is 41.3 Å². The first kappa shape index (κ1) is 94.5. The van der Waals surface area contributed by atoms with E-state index in [9.17, 15) is 77.7 Å². The van der Waals surface area contributed by atoms with E-state index in [0.29, 0.717) is 68.7 Å². The Hall–Kier alpha value is -12.6. The van der Waals surface area contributed by atoms with E-state index in [1.54, 1.807) is 69.9 Å². The zero-order valence-electron chi connectivity index (χ0n) is 59.9. The molecular weight excluding hydrogens is 1500 g/mol. The molecule has 9 N–H and O–H groups in total. The second kappa shape index (κ2) is 52.4. The number of esters is 3. The predicted octanol–water partition coefficient (Wildman–Crippen LogP) is 8.15. The number of pyridine rings is 2. The quantitative estimate of drug-likeness (QED) is 0.00358. The number of hydrogen-bond donors (Lipinski definition) is 8. The number of halogens is 6. The maximum atomic E-state index is 13.2. The van der Waals surface area contributed by atoms with Crippen LogP contribution in [0.15, 0.2) is 145 Å². The Bertz CT molecular complexity index is 4230. The molecule has 2 heterocycles. The minimum absolute atomic E-state index is 0.0263. The molecule has 0 aliphatic rings. The number of unbranched alkanes of at least 4 members (excludes halogenated alkanes) is 2. The molecule has 0 spiro atoms. The van der Waals surface area contributed by atoms with Crippen molar-refractivity contribution in [1.29, 1.82) is 0 Å². The van der Waals surface area contributed by atoms with Gasteiger partial charge in [0, 0.05) is 50.4 Å². The van der Waals surface area contributed by atoms with Crippen LogP contribution in [0.1, 0.15) is 107 Å². The number of hydrogen-bond acceptors (Lipinski definition) is 24. The minimum atomic E-state index is -4.27. The van der Waals surface area contributed by atoms with Crippen LogP contribution in [0.25, 0.3) is 0 Å². The van der Waals surface area contributed by atoms with Crippen LogP contribution in [-0.4, -0.2) is 152 Å². The summed E-state index contributed by atoms with van der Waals surface area (Å²) in [6.45, 7) is 2.87. The standard InChI is InChI=1S/C35H45N3O8.C17H23FN4O6.C12H4F5NO2.C7H8O3S.2CO2/c1-42-29-14-7-25(8-15-29)22-28(13-20-33(39)45-23-26-9-16-30(43-2)17-10-26)37-35(41)38-32(6-4-5-21-36)34(40)46-24-27-11-18-31(44-3)19-12-27;18-13-7-6-11(10-21-13)15(25)19-8-2-1-4-12(16(26)27)22-17(28)20-9-3-5-14(23)24;13-6-3-7(14)10(17)11(9(6)16)20-12(19)5-1-2-8(15)18-4-5;1-6-2-4-7(5-3-6)11(8,9)10;2*2-1-3/h7-12,14-19,28,32H,4-6,13,20-24,36H2,1-3H3,(H2,37,38,41);6-7,10,12H,1-5,8-9H2,(H,19,25)(H,23,24)(H,26,27)(H2,20,22,28);1-4H;2-5H,1H3,(H,8,9,10);;/p-1/t28?,32-;12-;;;;/m00..../s1/i;18-1;15-1;;;. The fourth-order valence-electron chi connectivity index (χ4n) is 8.81. The fraction of sp³-hybridized carbons (Fsp3) is 0.315. The molecule has 598 valence electrons. The van der Waals surface area contributed by atoms with Crippen molar-refractivity contribution in [2.45, 2.75) is 114 Å². The van der Waals surface area contributed by atoms with Crippen molar-refractivity contribution in [2.24, 2.45) is 5.73 Å². The minimum Gasteiger partial charge on any atom is -0.744 e. The van der Waals surface area contributed by atoms with Crippen LogP contribution < -0.4 is 51.3 Å². The number of benzene rings is 5. The highest BCUT2D eigenvalue weighted by molar-refractivity contribution is 7.85. The van der Waals surface area contributed by atoms with Gasteiger partial charge in [-0.15, -0.1) is 0 Å². The third-order valence-corrected chi connectivity index (χ3v) is 15.3. The summed E-state index contributed by atoms with van der Waals surface area (Å²) in [5, 5.41) is 30.7. The van der Waals surface area contributed by atoms with E-state index in [-0.39, 0.29) is 92.3 Å². The Morgan fingerprint density at radius 1 is 0.550 bits per heavy atom. The molecule has 111 heavy (non-hydrogen) atoms. The summed E-state index contributed by atoms with van der Waals surface area (Å²) >= 11 is 0. The summed E-state index contributed by atoms with van der Waals surface area (Å²) in [6.07, 6.45) is 6.12. The molecule has 5 amide bonds.